The predicted octanol–water partition coefficient (Wildman–Crippen LogP) is 2.83. The van der Waals surface area contributed by atoms with Crippen molar-refractivity contribution in [2.45, 2.75) is 26.1 Å². The van der Waals surface area contributed by atoms with Crippen LogP contribution in [0.4, 0.5) is 18.9 Å². The van der Waals surface area contributed by atoms with Crippen LogP contribution in [0.5, 0.6) is 5.75 Å². The molecule has 1 atom stereocenters. The lowest BCUT2D eigenvalue weighted by Gasteiger charge is -2.24. The smallest absolute Gasteiger partial charge is 0.407 e. The zero-order valence-corrected chi connectivity index (χ0v) is 14.4. The molecule has 0 N–H and O–H groups in total. The minimum Gasteiger partial charge on any atom is -0.480 e. The van der Waals surface area contributed by atoms with E-state index in [-0.39, 0.29) is 12.3 Å². The fourth-order valence-electron chi connectivity index (χ4n) is 2.54. The maximum atomic E-state index is 13.0. The lowest BCUT2D eigenvalue weighted by Crippen LogP contribution is -2.38. The molecule has 136 valence electrons. The van der Waals surface area contributed by atoms with Crippen LogP contribution in [-0.4, -0.2) is 37.5 Å². The van der Waals surface area contributed by atoms with Crippen LogP contribution in [0.3, 0.4) is 0 Å². The average Bonchev–Trinajstić information content (AvgIpc) is 2.69. The van der Waals surface area contributed by atoms with E-state index >= 15 is 0 Å². The van der Waals surface area contributed by atoms with Gasteiger partial charge in [-0.2, -0.15) is 13.2 Å². The summed E-state index contributed by atoms with van der Waals surface area (Å²) in [7, 11) is -3.81. The predicted molar refractivity (Wildman–Crippen MR) is 82.5 cm³/mol. The Morgan fingerprint density at radius 1 is 1.36 bits per heavy atom. The number of halogens is 3. The Labute approximate surface area is 143 Å². The average molecular weight is 376 g/mol. The largest absolute Gasteiger partial charge is 0.480 e. The van der Waals surface area contributed by atoms with E-state index in [0.29, 0.717) is 10.4 Å². The summed E-state index contributed by atoms with van der Waals surface area (Å²) in [4.78, 5) is 15.1. The number of amides is 1. The van der Waals surface area contributed by atoms with Crippen LogP contribution in [0.25, 0.3) is 4.85 Å². The molecule has 25 heavy (non-hydrogen) atoms. The van der Waals surface area contributed by atoms with Gasteiger partial charge >= 0.3 is 6.18 Å². The minimum absolute atomic E-state index is 0.137. The molecule has 1 amide bonds. The van der Waals surface area contributed by atoms with E-state index in [1.165, 1.54) is 0 Å². The van der Waals surface area contributed by atoms with Gasteiger partial charge in [0.1, 0.15) is 5.75 Å². The highest BCUT2D eigenvalue weighted by Gasteiger charge is 2.51. The first-order chi connectivity index (χ1) is 11.3. The number of benzene rings is 1. The molecular weight excluding hydrogens is 361 g/mol. The van der Waals surface area contributed by atoms with Crippen LogP contribution in [0, 0.1) is 12.0 Å². The standard InChI is InChI=1S/C15H15F3N2O4S/c1-14(2)8-20(25(4,22)23)13(21)12(14)24-9-5-6-11(19-3)10(7-9)15(16,17)18/h5-7,12H,8H2,1-2,4H3. The molecule has 1 aliphatic heterocycles. The molecule has 1 fully saturated rings. The molecule has 1 aromatic rings. The molecule has 1 unspecified atom stereocenters. The summed E-state index contributed by atoms with van der Waals surface area (Å²) in [6.07, 6.45) is -5.15. The second-order valence-electron chi connectivity index (χ2n) is 6.38. The van der Waals surface area contributed by atoms with Gasteiger partial charge in [-0.1, -0.05) is 19.9 Å². The summed E-state index contributed by atoms with van der Waals surface area (Å²) in [5, 5.41) is 0. The fourth-order valence-corrected chi connectivity index (χ4v) is 3.53. The molecule has 1 saturated heterocycles. The first kappa shape index (κ1) is 19.1. The van der Waals surface area contributed by atoms with Gasteiger partial charge in [0.25, 0.3) is 5.91 Å². The first-order valence-corrected chi connectivity index (χ1v) is 8.89. The van der Waals surface area contributed by atoms with Gasteiger partial charge < -0.3 is 4.74 Å². The summed E-state index contributed by atoms with van der Waals surface area (Å²) >= 11 is 0. The highest BCUT2D eigenvalue weighted by Crippen LogP contribution is 2.40. The van der Waals surface area contributed by atoms with Crippen molar-refractivity contribution in [1.29, 1.82) is 0 Å². The van der Waals surface area contributed by atoms with Crippen molar-refractivity contribution in [3.8, 4) is 5.75 Å². The van der Waals surface area contributed by atoms with Crippen molar-refractivity contribution in [2.75, 3.05) is 12.8 Å². The highest BCUT2D eigenvalue weighted by molar-refractivity contribution is 7.88. The van der Waals surface area contributed by atoms with Gasteiger partial charge in [0, 0.05) is 12.0 Å². The number of rotatable bonds is 3. The number of sulfonamides is 1. The number of alkyl halides is 3. The summed E-state index contributed by atoms with van der Waals surface area (Å²) in [6, 6.07) is 2.74. The van der Waals surface area contributed by atoms with Crippen molar-refractivity contribution in [2.24, 2.45) is 5.41 Å². The van der Waals surface area contributed by atoms with Crippen molar-refractivity contribution in [3.05, 3.63) is 35.2 Å². The van der Waals surface area contributed by atoms with Crippen molar-refractivity contribution >= 4 is 21.6 Å². The Balaban J connectivity index is 2.40. The summed E-state index contributed by atoms with van der Waals surface area (Å²) in [5.41, 5.74) is -2.70. The number of carbonyl (C=O) groups excluding carboxylic acids is 1. The zero-order valence-electron chi connectivity index (χ0n) is 13.6. The molecule has 2 rings (SSSR count). The van der Waals surface area contributed by atoms with Crippen LogP contribution in [-0.2, 0) is 21.0 Å². The third kappa shape index (κ3) is 3.71. The lowest BCUT2D eigenvalue weighted by atomic mass is 9.89. The molecular formula is C15H15F3N2O4S. The molecule has 1 aromatic carbocycles. The van der Waals surface area contributed by atoms with Gasteiger partial charge in [-0.05, 0) is 12.1 Å². The van der Waals surface area contributed by atoms with E-state index in [2.05, 4.69) is 4.85 Å². The molecule has 0 aliphatic carbocycles. The van der Waals surface area contributed by atoms with E-state index in [0.717, 1.165) is 18.4 Å². The van der Waals surface area contributed by atoms with Crippen molar-refractivity contribution in [1.82, 2.24) is 4.31 Å². The fraction of sp³-hybridized carbons (Fsp3) is 0.467. The van der Waals surface area contributed by atoms with Crippen LogP contribution >= 0.6 is 0 Å². The van der Waals surface area contributed by atoms with E-state index in [1.54, 1.807) is 13.8 Å². The number of ether oxygens (including phenoxy) is 1. The van der Waals surface area contributed by atoms with Gasteiger partial charge in [0.05, 0.1) is 18.4 Å². The van der Waals surface area contributed by atoms with Crippen LogP contribution in [0.15, 0.2) is 18.2 Å². The van der Waals surface area contributed by atoms with E-state index in [4.69, 9.17) is 11.3 Å². The number of hydrogen-bond donors (Lipinski definition) is 0. The summed E-state index contributed by atoms with van der Waals surface area (Å²) in [5.74, 6) is -1.10. The number of carbonyl (C=O) groups is 1. The Kier molecular flexibility index (Phi) is 4.50. The van der Waals surface area contributed by atoms with Crippen LogP contribution in [0.2, 0.25) is 0 Å². The SMILES string of the molecule is [C-]#[N+]c1ccc(OC2C(=O)N(S(C)(=O)=O)CC2(C)C)cc1C(F)(F)F. The third-order valence-electron chi connectivity index (χ3n) is 3.78. The number of hydrogen-bond acceptors (Lipinski definition) is 4. The van der Waals surface area contributed by atoms with Crippen molar-refractivity contribution < 1.29 is 31.1 Å². The Morgan fingerprint density at radius 3 is 2.40 bits per heavy atom. The molecule has 0 bridgehead atoms. The first-order valence-electron chi connectivity index (χ1n) is 7.04. The van der Waals surface area contributed by atoms with Gasteiger partial charge in [0.2, 0.25) is 10.0 Å². The minimum atomic E-state index is -4.76. The molecule has 6 nitrogen and oxygen atoms in total. The van der Waals surface area contributed by atoms with Gasteiger partial charge in [0.15, 0.2) is 11.8 Å². The molecule has 10 heteroatoms. The second kappa shape index (κ2) is 5.91. The van der Waals surface area contributed by atoms with E-state index in [1.807, 2.05) is 0 Å². The topological polar surface area (TPSA) is 68.0 Å². The van der Waals surface area contributed by atoms with E-state index in [9.17, 15) is 26.4 Å². The third-order valence-corrected chi connectivity index (χ3v) is 4.89. The van der Waals surface area contributed by atoms with Crippen LogP contribution in [0.1, 0.15) is 19.4 Å². The Morgan fingerprint density at radius 2 is 1.96 bits per heavy atom. The molecule has 0 spiro atoms. The number of nitrogens with zero attached hydrogens (tertiary/aromatic N) is 2. The molecule has 1 heterocycles. The summed E-state index contributed by atoms with van der Waals surface area (Å²) < 4.78 is 68.5. The molecule has 0 radical (unpaired) electrons. The molecule has 0 aromatic heterocycles. The molecule has 0 saturated carbocycles. The lowest BCUT2D eigenvalue weighted by molar-refractivity contribution is -0.137. The maximum Gasteiger partial charge on any atom is 0.407 e. The van der Waals surface area contributed by atoms with Crippen molar-refractivity contribution in [3.63, 3.8) is 0 Å². The van der Waals surface area contributed by atoms with Gasteiger partial charge in [-0.25, -0.2) is 17.6 Å². The highest BCUT2D eigenvalue weighted by atomic mass is 32.2. The zero-order chi connectivity index (χ0) is 19.2. The van der Waals surface area contributed by atoms with E-state index < -0.39 is 44.9 Å². The van der Waals surface area contributed by atoms with Crippen LogP contribution < -0.4 is 4.74 Å². The normalized spacial score (nSPS) is 20.4. The second-order valence-corrected chi connectivity index (χ2v) is 8.29. The van der Waals surface area contributed by atoms with Gasteiger partial charge in [-0.15, -0.1) is 0 Å². The van der Waals surface area contributed by atoms with Gasteiger partial charge in [-0.3, -0.25) is 4.79 Å². The Hall–Kier alpha value is -2.28. The Bertz CT molecular complexity index is 857. The molecule has 1 aliphatic rings. The quantitative estimate of drug-likeness (QED) is 0.761. The monoisotopic (exact) mass is 376 g/mol. The maximum absolute atomic E-state index is 13.0. The summed E-state index contributed by atoms with van der Waals surface area (Å²) in [6.45, 7) is 9.83.